The number of azide groups is 1. The molecule has 1 aliphatic rings. The topological polar surface area (TPSA) is 48.8 Å². The van der Waals surface area contributed by atoms with Crippen molar-refractivity contribution >= 4 is 5.57 Å². The number of benzene rings is 1. The summed E-state index contributed by atoms with van der Waals surface area (Å²) in [5, 5.41) is 4.17. The second kappa shape index (κ2) is 5.94. The molecule has 0 aromatic heterocycles. The smallest absolute Gasteiger partial charge is 0.0738 e. The molecule has 2 rings (SSSR count). The van der Waals surface area contributed by atoms with Crippen LogP contribution in [0.1, 0.15) is 57.1 Å². The first-order chi connectivity index (χ1) is 9.22. The van der Waals surface area contributed by atoms with E-state index in [0.717, 1.165) is 25.7 Å². The number of hydrogen-bond acceptors (Lipinski definition) is 1. The Morgan fingerprint density at radius 3 is 2.68 bits per heavy atom. The largest absolute Gasteiger partial charge is 0.0841 e. The molecule has 1 fully saturated rings. The molecule has 0 bridgehead atoms. The van der Waals surface area contributed by atoms with Gasteiger partial charge in [0.1, 0.15) is 0 Å². The SMILES string of the molecule is C/C=C(\C)c1cccc(C2(N=[N+]=[N-])CCCCC2)c1. The molecule has 0 aliphatic heterocycles. The molecule has 0 N–H and O–H groups in total. The normalized spacial score (nSPS) is 18.7. The zero-order valence-electron chi connectivity index (χ0n) is 11.8. The third-order valence-corrected chi connectivity index (χ3v) is 4.21. The van der Waals surface area contributed by atoms with Crippen molar-refractivity contribution in [2.75, 3.05) is 0 Å². The Morgan fingerprint density at radius 2 is 2.05 bits per heavy atom. The Labute approximate surface area is 115 Å². The molecular formula is C16H21N3. The van der Waals surface area contributed by atoms with Crippen molar-refractivity contribution in [1.82, 2.24) is 0 Å². The monoisotopic (exact) mass is 255 g/mol. The fraction of sp³-hybridized carbons (Fsp3) is 0.500. The van der Waals surface area contributed by atoms with Crippen molar-refractivity contribution in [2.45, 2.75) is 51.5 Å². The third-order valence-electron chi connectivity index (χ3n) is 4.21. The minimum absolute atomic E-state index is 0.322. The van der Waals surface area contributed by atoms with Gasteiger partial charge >= 0.3 is 0 Å². The molecule has 100 valence electrons. The maximum absolute atomic E-state index is 8.92. The second-order valence-electron chi connectivity index (χ2n) is 5.33. The molecule has 3 heteroatoms. The van der Waals surface area contributed by atoms with Crippen LogP contribution in [-0.4, -0.2) is 0 Å². The second-order valence-corrected chi connectivity index (χ2v) is 5.33. The summed E-state index contributed by atoms with van der Waals surface area (Å²) in [5.74, 6) is 0. The molecule has 3 nitrogen and oxygen atoms in total. The molecule has 0 heterocycles. The van der Waals surface area contributed by atoms with Crippen LogP contribution in [0.2, 0.25) is 0 Å². The maximum atomic E-state index is 8.92. The van der Waals surface area contributed by atoms with Crippen molar-refractivity contribution in [3.63, 3.8) is 0 Å². The van der Waals surface area contributed by atoms with E-state index in [4.69, 9.17) is 5.53 Å². The van der Waals surface area contributed by atoms with Gasteiger partial charge in [0.15, 0.2) is 0 Å². The van der Waals surface area contributed by atoms with Crippen LogP contribution in [0.5, 0.6) is 0 Å². The first-order valence-corrected chi connectivity index (χ1v) is 7.02. The Balaban J connectivity index is 2.45. The molecule has 0 atom stereocenters. The van der Waals surface area contributed by atoms with Gasteiger partial charge in [-0.15, -0.1) is 0 Å². The van der Waals surface area contributed by atoms with Crippen LogP contribution in [0.15, 0.2) is 35.5 Å². The lowest BCUT2D eigenvalue weighted by Crippen LogP contribution is -2.26. The average molecular weight is 255 g/mol. The van der Waals surface area contributed by atoms with E-state index in [0.29, 0.717) is 0 Å². The van der Waals surface area contributed by atoms with E-state index in [9.17, 15) is 0 Å². The van der Waals surface area contributed by atoms with Gasteiger partial charge in [-0.2, -0.15) is 0 Å². The van der Waals surface area contributed by atoms with Crippen molar-refractivity contribution in [2.24, 2.45) is 5.11 Å². The quantitative estimate of drug-likeness (QED) is 0.384. The zero-order chi connectivity index (χ0) is 13.7. The summed E-state index contributed by atoms with van der Waals surface area (Å²) in [6.45, 7) is 4.16. The minimum Gasteiger partial charge on any atom is -0.0841 e. The molecule has 1 aliphatic carbocycles. The molecule has 1 saturated carbocycles. The standard InChI is InChI=1S/C16H21N3/c1-3-13(2)14-8-7-9-15(12-14)16(18-19-17)10-5-4-6-11-16/h3,7-9,12H,4-6,10-11H2,1-2H3/b13-3+. The molecule has 0 unspecified atom stereocenters. The predicted octanol–water partition coefficient (Wildman–Crippen LogP) is 5.58. The molecule has 0 spiro atoms. The van der Waals surface area contributed by atoms with Gasteiger partial charge < -0.3 is 0 Å². The van der Waals surface area contributed by atoms with E-state index in [1.54, 1.807) is 0 Å². The fourth-order valence-electron chi connectivity index (χ4n) is 2.89. The van der Waals surface area contributed by atoms with E-state index >= 15 is 0 Å². The molecule has 0 saturated heterocycles. The fourth-order valence-corrected chi connectivity index (χ4v) is 2.89. The first kappa shape index (κ1) is 13.7. The molecular weight excluding hydrogens is 234 g/mol. The summed E-state index contributed by atoms with van der Waals surface area (Å²) in [4.78, 5) is 3.11. The molecule has 1 aromatic carbocycles. The predicted molar refractivity (Wildman–Crippen MR) is 79.7 cm³/mol. The molecule has 0 radical (unpaired) electrons. The number of allylic oxidation sites excluding steroid dienone is 2. The molecule has 19 heavy (non-hydrogen) atoms. The van der Waals surface area contributed by atoms with Gasteiger partial charge in [0.25, 0.3) is 0 Å². The summed E-state index contributed by atoms with van der Waals surface area (Å²) in [5.41, 5.74) is 12.2. The van der Waals surface area contributed by atoms with Gasteiger partial charge in [-0.25, -0.2) is 0 Å². The van der Waals surface area contributed by atoms with Gasteiger partial charge in [-0.3, -0.25) is 0 Å². The third kappa shape index (κ3) is 2.82. The summed E-state index contributed by atoms with van der Waals surface area (Å²) in [6.07, 6.45) is 7.58. The van der Waals surface area contributed by atoms with E-state index < -0.39 is 0 Å². The van der Waals surface area contributed by atoms with Crippen LogP contribution in [0, 0.1) is 0 Å². The van der Waals surface area contributed by atoms with Crippen LogP contribution in [-0.2, 0) is 5.54 Å². The van der Waals surface area contributed by atoms with Crippen LogP contribution < -0.4 is 0 Å². The molecule has 1 aromatic rings. The highest BCUT2D eigenvalue weighted by Gasteiger charge is 2.33. The maximum Gasteiger partial charge on any atom is 0.0738 e. The first-order valence-electron chi connectivity index (χ1n) is 7.02. The summed E-state index contributed by atoms with van der Waals surface area (Å²) >= 11 is 0. The van der Waals surface area contributed by atoms with E-state index in [-0.39, 0.29) is 5.54 Å². The van der Waals surface area contributed by atoms with Gasteiger partial charge in [-0.05, 0) is 48.9 Å². The minimum atomic E-state index is -0.322. The lowest BCUT2D eigenvalue weighted by atomic mass is 9.77. The zero-order valence-corrected chi connectivity index (χ0v) is 11.8. The van der Waals surface area contributed by atoms with Crippen LogP contribution in [0.25, 0.3) is 16.0 Å². The van der Waals surface area contributed by atoms with E-state index in [1.807, 2.05) is 6.92 Å². The summed E-state index contributed by atoms with van der Waals surface area (Å²) in [7, 11) is 0. The van der Waals surface area contributed by atoms with E-state index in [2.05, 4.69) is 47.3 Å². The van der Waals surface area contributed by atoms with Gasteiger partial charge in [0.2, 0.25) is 0 Å². The van der Waals surface area contributed by atoms with Crippen molar-refractivity contribution in [3.05, 3.63) is 51.9 Å². The summed E-state index contributed by atoms with van der Waals surface area (Å²) in [6, 6.07) is 8.48. The average Bonchev–Trinajstić information content (AvgIpc) is 2.48. The number of rotatable bonds is 3. The van der Waals surface area contributed by atoms with Crippen molar-refractivity contribution in [1.29, 1.82) is 0 Å². The molecule has 0 amide bonds. The Morgan fingerprint density at radius 1 is 1.32 bits per heavy atom. The van der Waals surface area contributed by atoms with Crippen molar-refractivity contribution < 1.29 is 0 Å². The highest BCUT2D eigenvalue weighted by molar-refractivity contribution is 5.64. The Bertz CT molecular complexity index is 519. The summed E-state index contributed by atoms with van der Waals surface area (Å²) < 4.78 is 0. The van der Waals surface area contributed by atoms with Crippen LogP contribution in [0.4, 0.5) is 0 Å². The highest BCUT2D eigenvalue weighted by atomic mass is 15.2. The number of hydrogen-bond donors (Lipinski definition) is 0. The van der Waals surface area contributed by atoms with Crippen LogP contribution in [0.3, 0.4) is 0 Å². The highest BCUT2D eigenvalue weighted by Crippen LogP contribution is 2.41. The van der Waals surface area contributed by atoms with Gasteiger partial charge in [-0.1, -0.05) is 54.7 Å². The van der Waals surface area contributed by atoms with Gasteiger partial charge in [0.05, 0.1) is 5.54 Å². The van der Waals surface area contributed by atoms with Gasteiger partial charge in [0, 0.05) is 4.91 Å². The Hall–Kier alpha value is -1.73. The van der Waals surface area contributed by atoms with E-state index in [1.165, 1.54) is 23.1 Å². The van der Waals surface area contributed by atoms with Crippen molar-refractivity contribution in [3.8, 4) is 0 Å². The number of nitrogens with zero attached hydrogens (tertiary/aromatic N) is 3. The lowest BCUT2D eigenvalue weighted by molar-refractivity contribution is 0.302. The van der Waals surface area contributed by atoms with Crippen LogP contribution >= 0.6 is 0 Å². The lowest BCUT2D eigenvalue weighted by Gasteiger charge is -2.33. The Kier molecular flexibility index (Phi) is 4.28.